The summed E-state index contributed by atoms with van der Waals surface area (Å²) in [7, 11) is 0. The molecule has 2 aromatic heterocycles. The van der Waals surface area contributed by atoms with Crippen LogP contribution in [-0.4, -0.2) is 0 Å². The third-order valence-electron chi connectivity index (χ3n) is 17.6. The first-order chi connectivity index (χ1) is 35.8. The third-order valence-corrected chi connectivity index (χ3v) is 17.6. The quantitative estimate of drug-likeness (QED) is 0.172. The average molecular weight is 954 g/mol. The second kappa shape index (κ2) is 14.9. The van der Waals surface area contributed by atoms with E-state index in [4.69, 9.17) is 8.83 Å². The van der Waals surface area contributed by atoms with Gasteiger partial charge in [-0.15, -0.1) is 0 Å². The highest BCUT2D eigenvalue weighted by molar-refractivity contribution is 6.21. The van der Waals surface area contributed by atoms with Crippen molar-refractivity contribution in [2.75, 3.05) is 4.90 Å². The van der Waals surface area contributed by atoms with Gasteiger partial charge < -0.3 is 13.7 Å². The van der Waals surface area contributed by atoms with Gasteiger partial charge in [0, 0.05) is 66.0 Å². The monoisotopic (exact) mass is 953 g/mol. The number of hydrogen-bond donors (Lipinski definition) is 0. The number of para-hydroxylation sites is 2. The summed E-state index contributed by atoms with van der Waals surface area (Å²) < 4.78 is 13.9. The highest BCUT2D eigenvalue weighted by Gasteiger charge is 2.49. The van der Waals surface area contributed by atoms with E-state index in [1.165, 1.54) is 111 Å². The van der Waals surface area contributed by atoms with Gasteiger partial charge in [0.05, 0.1) is 0 Å². The van der Waals surface area contributed by atoms with Crippen molar-refractivity contribution in [3.8, 4) is 55.6 Å². The fraction of sp³-hybridized carbons (Fsp3) is 0.155. The molecule has 74 heavy (non-hydrogen) atoms. The summed E-state index contributed by atoms with van der Waals surface area (Å²) in [5.74, 6) is 0. The van der Waals surface area contributed by atoms with Gasteiger partial charge in [-0.05, 0) is 152 Å². The van der Waals surface area contributed by atoms with Crippen LogP contribution in [0, 0.1) is 13.8 Å². The molecule has 10 aromatic carbocycles. The highest BCUT2D eigenvalue weighted by Crippen LogP contribution is 2.64. The number of nitrogens with zero attached hydrogens (tertiary/aromatic N) is 1. The Morgan fingerprint density at radius 3 is 1.55 bits per heavy atom. The molecule has 3 aliphatic rings. The van der Waals surface area contributed by atoms with Crippen LogP contribution in [0.4, 0.5) is 17.1 Å². The lowest BCUT2D eigenvalue weighted by molar-refractivity contribution is 0.600. The molecule has 0 spiro atoms. The van der Waals surface area contributed by atoms with Crippen molar-refractivity contribution < 1.29 is 8.83 Å². The van der Waals surface area contributed by atoms with Crippen LogP contribution in [0.25, 0.3) is 99.5 Å². The molecule has 0 bridgehead atoms. The largest absolute Gasteiger partial charge is 0.455 e. The Hall–Kier alpha value is -8.40. The van der Waals surface area contributed by atoms with Gasteiger partial charge in [-0.2, -0.15) is 0 Å². The fourth-order valence-electron chi connectivity index (χ4n) is 14.1. The first kappa shape index (κ1) is 43.2. The predicted molar refractivity (Wildman–Crippen MR) is 309 cm³/mol. The number of hydrogen-bond acceptors (Lipinski definition) is 3. The summed E-state index contributed by atoms with van der Waals surface area (Å²) in [4.78, 5) is 2.49. The lowest BCUT2D eigenvalue weighted by Crippen LogP contribution is -2.24. The van der Waals surface area contributed by atoms with Crippen molar-refractivity contribution in [1.82, 2.24) is 0 Å². The summed E-state index contributed by atoms with van der Waals surface area (Å²) in [5, 5.41) is 4.73. The molecule has 0 aliphatic heterocycles. The predicted octanol–water partition coefficient (Wildman–Crippen LogP) is 19.8. The van der Waals surface area contributed by atoms with Crippen LogP contribution in [-0.2, 0) is 16.2 Å². The van der Waals surface area contributed by atoms with Crippen LogP contribution in [0.15, 0.2) is 197 Å². The minimum atomic E-state index is -0.340. The zero-order valence-corrected chi connectivity index (χ0v) is 43.2. The molecule has 0 atom stereocenters. The highest BCUT2D eigenvalue weighted by atomic mass is 16.3. The van der Waals surface area contributed by atoms with Gasteiger partial charge in [-0.1, -0.05) is 181 Å². The van der Waals surface area contributed by atoms with Gasteiger partial charge in [0.15, 0.2) is 0 Å². The van der Waals surface area contributed by atoms with E-state index in [9.17, 15) is 0 Å². The Bertz CT molecular complexity index is 4400. The number of rotatable bonds is 5. The summed E-state index contributed by atoms with van der Waals surface area (Å²) in [5.41, 5.74) is 29.2. The van der Waals surface area contributed by atoms with E-state index >= 15 is 0 Å². The molecule has 2 heterocycles. The number of benzene rings is 10. The van der Waals surface area contributed by atoms with Crippen molar-refractivity contribution in [2.24, 2.45) is 0 Å². The van der Waals surface area contributed by atoms with Crippen molar-refractivity contribution >= 4 is 60.9 Å². The van der Waals surface area contributed by atoms with E-state index in [1.807, 2.05) is 0 Å². The number of fused-ring (bicyclic) bond motifs is 19. The lowest BCUT2D eigenvalue weighted by Gasteiger charge is -2.32. The summed E-state index contributed by atoms with van der Waals surface area (Å²) in [6.07, 6.45) is 0. The Morgan fingerprint density at radius 1 is 0.351 bits per heavy atom. The van der Waals surface area contributed by atoms with E-state index < -0.39 is 0 Å². The molecule has 3 aliphatic carbocycles. The molecule has 0 saturated carbocycles. The van der Waals surface area contributed by atoms with E-state index in [0.717, 1.165) is 50.3 Å². The fourth-order valence-corrected chi connectivity index (χ4v) is 14.1. The van der Waals surface area contributed by atoms with Gasteiger partial charge in [0.25, 0.3) is 0 Å². The maximum atomic E-state index is 7.01. The van der Waals surface area contributed by atoms with E-state index in [0.29, 0.717) is 0 Å². The Labute approximate surface area is 432 Å². The van der Waals surface area contributed by atoms with Crippen LogP contribution < -0.4 is 4.90 Å². The SMILES string of the molecule is Cc1ccc(-c2cc3c(c4c2oc2ccccc24)-c2ccc(N(c4ccc(-c5ccccc5)cc4)c4ccc5c(c4)C(C)(C)c4c6c(c7oc8ccccc8c7c4-5)-c4ccccc4C6(C)C)cc2C3(C)C)c(C)c1. The minimum Gasteiger partial charge on any atom is -0.455 e. The van der Waals surface area contributed by atoms with E-state index in [2.05, 4.69) is 248 Å². The lowest BCUT2D eigenvalue weighted by atomic mass is 9.72. The Morgan fingerprint density at radius 2 is 0.865 bits per heavy atom. The average Bonchev–Trinajstić information content (AvgIpc) is 4.21. The zero-order valence-electron chi connectivity index (χ0n) is 43.2. The van der Waals surface area contributed by atoms with Crippen molar-refractivity contribution in [2.45, 2.75) is 71.6 Å². The molecule has 15 rings (SSSR count). The van der Waals surface area contributed by atoms with Crippen molar-refractivity contribution in [3.05, 3.63) is 233 Å². The first-order valence-electron chi connectivity index (χ1n) is 26.2. The molecular formula is C71H55NO2. The van der Waals surface area contributed by atoms with Crippen molar-refractivity contribution in [3.63, 3.8) is 0 Å². The van der Waals surface area contributed by atoms with Crippen LogP contribution in [0.3, 0.4) is 0 Å². The third kappa shape index (κ3) is 5.67. The number of anilines is 3. The molecule has 0 N–H and O–H groups in total. The summed E-state index contributed by atoms with van der Waals surface area (Å²) in [6.45, 7) is 18.9. The first-order valence-corrected chi connectivity index (χ1v) is 26.2. The zero-order chi connectivity index (χ0) is 50.2. The van der Waals surface area contributed by atoms with Crippen molar-refractivity contribution in [1.29, 1.82) is 0 Å². The van der Waals surface area contributed by atoms with Gasteiger partial charge in [0.2, 0.25) is 0 Å². The molecule has 0 unspecified atom stereocenters. The molecule has 3 nitrogen and oxygen atoms in total. The molecule has 0 saturated heterocycles. The Kier molecular flexibility index (Phi) is 8.68. The smallest absolute Gasteiger partial charge is 0.144 e. The molecular weight excluding hydrogens is 899 g/mol. The van der Waals surface area contributed by atoms with Gasteiger partial charge >= 0.3 is 0 Å². The molecule has 12 aromatic rings. The molecule has 356 valence electrons. The molecule has 0 radical (unpaired) electrons. The number of aryl methyl sites for hydroxylation is 2. The van der Waals surface area contributed by atoms with E-state index in [1.54, 1.807) is 0 Å². The minimum absolute atomic E-state index is 0.235. The Balaban J connectivity index is 0.951. The van der Waals surface area contributed by atoms with E-state index in [-0.39, 0.29) is 16.2 Å². The topological polar surface area (TPSA) is 29.5 Å². The number of furan rings is 2. The van der Waals surface area contributed by atoms with Crippen LogP contribution in [0.5, 0.6) is 0 Å². The van der Waals surface area contributed by atoms with Gasteiger partial charge in [-0.25, -0.2) is 0 Å². The molecule has 3 heteroatoms. The van der Waals surface area contributed by atoms with Gasteiger partial charge in [0.1, 0.15) is 22.3 Å². The molecule has 0 amide bonds. The standard InChI is InChI=1S/C71H55NO2/c1-40-26-33-47(41(2)36-40)53-39-57-60(62-51-21-13-16-24-58(51)73-67(53)62)49-34-31-45(37-55(49)69(57,3)4)72(44-29-27-43(28-30-44)42-18-10-9-11-19-42)46-32-35-50-56(38-46)71(7,8)65-61(50)63-52-22-14-17-25-59(52)74-68(63)64-48-20-12-15-23-54(48)70(5,6)66(64)65/h9-39H,1-8H3. The normalized spacial score (nSPS) is 15.1. The van der Waals surface area contributed by atoms with Crippen LogP contribution in [0.1, 0.15) is 86.1 Å². The maximum absolute atomic E-state index is 7.01. The van der Waals surface area contributed by atoms with Gasteiger partial charge in [-0.3, -0.25) is 0 Å². The maximum Gasteiger partial charge on any atom is 0.144 e. The second-order valence-electron chi connectivity index (χ2n) is 22.9. The molecule has 0 fully saturated rings. The second-order valence-corrected chi connectivity index (χ2v) is 22.9. The summed E-state index contributed by atoms with van der Waals surface area (Å²) in [6, 6.07) is 69.7. The summed E-state index contributed by atoms with van der Waals surface area (Å²) >= 11 is 0. The van der Waals surface area contributed by atoms with Crippen LogP contribution >= 0.6 is 0 Å². The van der Waals surface area contributed by atoms with Crippen LogP contribution in [0.2, 0.25) is 0 Å².